The van der Waals surface area contributed by atoms with E-state index in [4.69, 9.17) is 0 Å². The van der Waals surface area contributed by atoms with Gasteiger partial charge in [-0.15, -0.1) is 0 Å². The van der Waals surface area contributed by atoms with E-state index in [0.717, 1.165) is 10.0 Å². The maximum atomic E-state index is 12.7. The first kappa shape index (κ1) is 20.1. The molecule has 24 heavy (non-hydrogen) atoms. The fraction of sp³-hybridized carbons (Fsp3) is 0.0667. The van der Waals surface area contributed by atoms with Gasteiger partial charge in [-0.1, -0.05) is 15.9 Å². The van der Waals surface area contributed by atoms with E-state index in [9.17, 15) is 14.7 Å². The molecule has 0 saturated carbocycles. The quantitative estimate of drug-likeness (QED) is 0.286. The molecule has 0 spiro atoms. The van der Waals surface area contributed by atoms with Crippen LogP contribution in [0.1, 0.15) is 26.3 Å². The van der Waals surface area contributed by atoms with Gasteiger partial charge in [-0.25, -0.2) is 4.79 Å². The Morgan fingerprint density at radius 3 is 1.96 bits per heavy atom. The number of nitrogens with one attached hydrogen (secondary N) is 1. The summed E-state index contributed by atoms with van der Waals surface area (Å²) in [5.74, 6) is -1.75. The number of hydrogen-bond donors (Lipinski definition) is 2. The van der Waals surface area contributed by atoms with Gasteiger partial charge < -0.3 is 10.4 Å². The zero-order valence-corrected chi connectivity index (χ0v) is 19.8. The fourth-order valence-electron chi connectivity index (χ4n) is 1.96. The minimum atomic E-state index is -1.21. The van der Waals surface area contributed by atoms with Crippen LogP contribution in [0.15, 0.2) is 40.6 Å². The standard InChI is InChI=1S/C15H8Br5NO3/c1-5-4-6(2-3-7(5)16)21-14(22)8-9(15(23)24)11(18)13(20)12(19)10(8)17/h2-4H,1H3,(H,21,22)(H,23,24). The molecule has 0 heterocycles. The van der Waals surface area contributed by atoms with Crippen LogP contribution in [0.2, 0.25) is 0 Å². The summed E-state index contributed by atoms with van der Waals surface area (Å²) in [6, 6.07) is 5.33. The van der Waals surface area contributed by atoms with Crippen molar-refractivity contribution in [1.82, 2.24) is 0 Å². The van der Waals surface area contributed by atoms with Crippen LogP contribution in [0.5, 0.6) is 0 Å². The third-order valence-corrected chi connectivity index (χ3v) is 8.78. The molecule has 0 atom stereocenters. The van der Waals surface area contributed by atoms with Gasteiger partial charge in [0.05, 0.1) is 11.1 Å². The largest absolute Gasteiger partial charge is 0.478 e. The van der Waals surface area contributed by atoms with Gasteiger partial charge in [-0.05, 0) is 94.4 Å². The summed E-state index contributed by atoms with van der Waals surface area (Å²) < 4.78 is 2.59. The van der Waals surface area contributed by atoms with Crippen molar-refractivity contribution in [1.29, 1.82) is 0 Å². The van der Waals surface area contributed by atoms with Crippen molar-refractivity contribution < 1.29 is 14.7 Å². The Morgan fingerprint density at radius 2 is 1.46 bits per heavy atom. The first-order chi connectivity index (χ1) is 11.1. The molecule has 126 valence electrons. The van der Waals surface area contributed by atoms with Crippen LogP contribution in [0.25, 0.3) is 0 Å². The summed E-state index contributed by atoms with van der Waals surface area (Å²) in [7, 11) is 0. The summed E-state index contributed by atoms with van der Waals surface area (Å²) in [5.41, 5.74) is 1.40. The summed E-state index contributed by atoms with van der Waals surface area (Å²) in [6.07, 6.45) is 0. The summed E-state index contributed by atoms with van der Waals surface area (Å²) in [4.78, 5) is 24.3. The number of carboxylic acids is 1. The average molecular weight is 650 g/mol. The summed E-state index contributed by atoms with van der Waals surface area (Å²) in [6.45, 7) is 1.89. The van der Waals surface area contributed by atoms with E-state index in [1.165, 1.54) is 0 Å². The van der Waals surface area contributed by atoms with Gasteiger partial charge >= 0.3 is 5.97 Å². The number of halogens is 5. The third-order valence-electron chi connectivity index (χ3n) is 3.12. The van der Waals surface area contributed by atoms with Crippen molar-refractivity contribution in [3.05, 3.63) is 57.3 Å². The summed E-state index contributed by atoms with van der Waals surface area (Å²) in [5, 5.41) is 12.2. The van der Waals surface area contributed by atoms with Gasteiger partial charge in [0, 0.05) is 28.1 Å². The molecular weight excluding hydrogens is 642 g/mol. The highest BCUT2D eigenvalue weighted by Gasteiger charge is 2.27. The second-order valence-electron chi connectivity index (χ2n) is 4.73. The Balaban J connectivity index is 2.56. The number of benzene rings is 2. The minimum absolute atomic E-state index is 0.0185. The molecule has 0 aliphatic rings. The molecule has 2 rings (SSSR count). The highest BCUT2D eigenvalue weighted by molar-refractivity contribution is 9.15. The van der Waals surface area contributed by atoms with E-state index in [1.54, 1.807) is 12.1 Å². The van der Waals surface area contributed by atoms with E-state index >= 15 is 0 Å². The Bertz CT molecular complexity index is 867. The molecule has 0 radical (unpaired) electrons. The highest BCUT2D eigenvalue weighted by Crippen LogP contribution is 2.42. The van der Waals surface area contributed by atoms with Gasteiger partial charge in [-0.2, -0.15) is 0 Å². The molecule has 1 amide bonds. The van der Waals surface area contributed by atoms with Crippen molar-refractivity contribution in [3.63, 3.8) is 0 Å². The van der Waals surface area contributed by atoms with Gasteiger partial charge in [0.2, 0.25) is 0 Å². The maximum absolute atomic E-state index is 12.7. The molecule has 0 fully saturated rings. The Hall–Kier alpha value is -0.220. The van der Waals surface area contributed by atoms with Crippen molar-refractivity contribution in [2.24, 2.45) is 0 Å². The van der Waals surface area contributed by atoms with E-state index in [-0.39, 0.29) is 15.6 Å². The van der Waals surface area contributed by atoms with Crippen molar-refractivity contribution in [3.8, 4) is 0 Å². The molecule has 2 N–H and O–H groups in total. The van der Waals surface area contributed by atoms with E-state index in [1.807, 2.05) is 13.0 Å². The van der Waals surface area contributed by atoms with E-state index < -0.39 is 11.9 Å². The monoisotopic (exact) mass is 645 g/mol. The second kappa shape index (κ2) is 7.99. The van der Waals surface area contributed by atoms with Crippen molar-refractivity contribution in [2.75, 3.05) is 5.32 Å². The first-order valence-electron chi connectivity index (χ1n) is 6.31. The number of carboxylic acid groups (broad SMARTS) is 1. The molecule has 4 nitrogen and oxygen atoms in total. The Labute approximate surface area is 180 Å². The second-order valence-corrected chi connectivity index (χ2v) is 8.76. The molecule has 2 aromatic carbocycles. The molecule has 9 heteroatoms. The van der Waals surface area contributed by atoms with Crippen molar-refractivity contribution >= 4 is 97.2 Å². The SMILES string of the molecule is Cc1cc(NC(=O)c2c(Br)c(Br)c(Br)c(Br)c2C(=O)O)ccc1Br. The minimum Gasteiger partial charge on any atom is -0.478 e. The predicted molar refractivity (Wildman–Crippen MR) is 111 cm³/mol. The molecule has 0 saturated heterocycles. The zero-order chi connectivity index (χ0) is 18.2. The molecule has 0 unspecified atom stereocenters. The molecule has 0 bridgehead atoms. The van der Waals surface area contributed by atoms with Gasteiger partial charge in [0.15, 0.2) is 0 Å². The number of aryl methyl sites for hydroxylation is 1. The number of anilines is 1. The number of amides is 1. The van der Waals surface area contributed by atoms with Crippen molar-refractivity contribution in [2.45, 2.75) is 6.92 Å². The zero-order valence-electron chi connectivity index (χ0n) is 11.9. The number of aromatic carboxylic acids is 1. The van der Waals surface area contributed by atoms with Crippen LogP contribution in [0, 0.1) is 6.92 Å². The first-order valence-corrected chi connectivity index (χ1v) is 10.3. The third kappa shape index (κ3) is 3.95. The van der Waals surface area contributed by atoms with Crippen LogP contribution in [-0.4, -0.2) is 17.0 Å². The van der Waals surface area contributed by atoms with Gasteiger partial charge in [0.25, 0.3) is 5.91 Å². The average Bonchev–Trinajstić information content (AvgIpc) is 2.51. The topological polar surface area (TPSA) is 66.4 Å². The number of rotatable bonds is 3. The molecule has 0 aliphatic heterocycles. The van der Waals surface area contributed by atoms with E-state index in [0.29, 0.717) is 19.1 Å². The van der Waals surface area contributed by atoms with Crippen LogP contribution in [0.3, 0.4) is 0 Å². The number of carbonyl (C=O) groups excluding carboxylic acids is 1. The molecular formula is C15H8Br5NO3. The highest BCUT2D eigenvalue weighted by atomic mass is 79.9. The molecule has 0 aliphatic carbocycles. The van der Waals surface area contributed by atoms with E-state index in [2.05, 4.69) is 85.0 Å². The van der Waals surface area contributed by atoms with Crippen LogP contribution in [-0.2, 0) is 0 Å². The van der Waals surface area contributed by atoms with Gasteiger partial charge in [-0.3, -0.25) is 4.79 Å². The normalized spacial score (nSPS) is 10.6. The Morgan fingerprint density at radius 1 is 0.917 bits per heavy atom. The van der Waals surface area contributed by atoms with Crippen LogP contribution < -0.4 is 5.32 Å². The lowest BCUT2D eigenvalue weighted by atomic mass is 10.1. The van der Waals surface area contributed by atoms with Gasteiger partial charge in [0.1, 0.15) is 0 Å². The molecule has 0 aromatic heterocycles. The lowest BCUT2D eigenvalue weighted by Crippen LogP contribution is -2.18. The predicted octanol–water partition coefficient (Wildman–Crippen LogP) is 6.76. The lowest BCUT2D eigenvalue weighted by molar-refractivity contribution is 0.0691. The summed E-state index contributed by atoms with van der Waals surface area (Å²) >= 11 is 16.5. The lowest BCUT2D eigenvalue weighted by Gasteiger charge is -2.15. The number of hydrogen-bond acceptors (Lipinski definition) is 2. The fourth-order valence-corrected chi connectivity index (χ4v) is 4.68. The Kier molecular flexibility index (Phi) is 6.69. The number of carbonyl (C=O) groups is 2. The smallest absolute Gasteiger partial charge is 0.337 e. The van der Waals surface area contributed by atoms with Crippen LogP contribution >= 0.6 is 79.6 Å². The maximum Gasteiger partial charge on any atom is 0.337 e. The molecule has 2 aromatic rings. The van der Waals surface area contributed by atoms with Crippen LogP contribution in [0.4, 0.5) is 5.69 Å².